The summed E-state index contributed by atoms with van der Waals surface area (Å²) in [6, 6.07) is 4.26. The number of hydrogen-bond donors (Lipinski definition) is 0. The van der Waals surface area contributed by atoms with Crippen molar-refractivity contribution in [2.24, 2.45) is 0 Å². The second-order valence-corrected chi connectivity index (χ2v) is 6.80. The molecule has 1 amide bonds. The Morgan fingerprint density at radius 1 is 1.04 bits per heavy atom. The first-order valence-electron chi connectivity index (χ1n) is 8.91. The number of amides is 1. The predicted molar refractivity (Wildman–Crippen MR) is 89.6 cm³/mol. The van der Waals surface area contributed by atoms with Gasteiger partial charge in [-0.25, -0.2) is 9.97 Å². The van der Waals surface area contributed by atoms with Crippen LogP contribution in [0.2, 0.25) is 0 Å². The molecule has 4 rings (SSSR count). The molecule has 3 heterocycles. The number of nitrogens with zero attached hydrogens (tertiary/aromatic N) is 5. The standard InChI is InChI=1S/C18H23N5O/c24-18(17-6-10-21-23(17)15-3-1-2-4-15)22-11-7-14(8-12-22)16-5-9-19-13-20-16/h5-6,9-10,13-15H,1-4,7-8,11-12H2. The number of piperidine rings is 1. The lowest BCUT2D eigenvalue weighted by Gasteiger charge is -2.32. The first kappa shape index (κ1) is 15.3. The number of rotatable bonds is 3. The lowest BCUT2D eigenvalue weighted by Crippen LogP contribution is -2.39. The van der Waals surface area contributed by atoms with Crippen molar-refractivity contribution in [2.45, 2.75) is 50.5 Å². The summed E-state index contributed by atoms with van der Waals surface area (Å²) in [5.74, 6) is 0.553. The van der Waals surface area contributed by atoms with Crippen molar-refractivity contribution in [3.05, 3.63) is 42.2 Å². The minimum Gasteiger partial charge on any atom is -0.337 e. The van der Waals surface area contributed by atoms with E-state index in [0.29, 0.717) is 12.0 Å². The summed E-state index contributed by atoms with van der Waals surface area (Å²) >= 11 is 0. The number of aromatic nitrogens is 4. The minimum atomic E-state index is 0.125. The molecule has 2 fully saturated rings. The molecule has 0 unspecified atom stereocenters. The summed E-state index contributed by atoms with van der Waals surface area (Å²) in [6.07, 6.45) is 11.8. The Hall–Kier alpha value is -2.24. The van der Waals surface area contributed by atoms with E-state index in [1.807, 2.05) is 21.7 Å². The van der Waals surface area contributed by atoms with E-state index in [2.05, 4.69) is 15.1 Å². The van der Waals surface area contributed by atoms with Gasteiger partial charge in [0.05, 0.1) is 6.04 Å². The molecule has 0 aromatic carbocycles. The molecule has 2 aromatic heterocycles. The van der Waals surface area contributed by atoms with E-state index in [9.17, 15) is 4.79 Å². The predicted octanol–water partition coefficient (Wildman–Crippen LogP) is 2.81. The Morgan fingerprint density at radius 2 is 1.83 bits per heavy atom. The second kappa shape index (κ2) is 6.71. The third-order valence-corrected chi connectivity index (χ3v) is 5.37. The molecular weight excluding hydrogens is 302 g/mol. The van der Waals surface area contributed by atoms with Gasteiger partial charge in [0.15, 0.2) is 0 Å². The van der Waals surface area contributed by atoms with E-state index < -0.39 is 0 Å². The Bertz CT molecular complexity index is 684. The summed E-state index contributed by atoms with van der Waals surface area (Å²) in [5.41, 5.74) is 1.84. The normalized spacial score (nSPS) is 19.8. The van der Waals surface area contributed by atoms with Crippen LogP contribution in [0.1, 0.15) is 66.7 Å². The van der Waals surface area contributed by atoms with Crippen LogP contribution < -0.4 is 0 Å². The molecular formula is C18H23N5O. The second-order valence-electron chi connectivity index (χ2n) is 6.80. The molecule has 6 heteroatoms. The average molecular weight is 325 g/mol. The van der Waals surface area contributed by atoms with Crippen LogP contribution in [0.25, 0.3) is 0 Å². The van der Waals surface area contributed by atoms with Crippen LogP contribution in [0.15, 0.2) is 30.9 Å². The SMILES string of the molecule is O=C(c1ccnn1C1CCCC1)N1CCC(c2ccncn2)CC1. The Labute approximate surface area is 141 Å². The van der Waals surface area contributed by atoms with E-state index in [-0.39, 0.29) is 5.91 Å². The fourth-order valence-electron chi connectivity index (χ4n) is 4.01. The summed E-state index contributed by atoms with van der Waals surface area (Å²) in [5, 5.41) is 4.43. The lowest BCUT2D eigenvalue weighted by molar-refractivity contribution is 0.0696. The Morgan fingerprint density at radius 3 is 2.54 bits per heavy atom. The van der Waals surface area contributed by atoms with Crippen LogP contribution in [0, 0.1) is 0 Å². The van der Waals surface area contributed by atoms with Gasteiger partial charge in [0, 0.05) is 37.1 Å². The highest BCUT2D eigenvalue weighted by Crippen LogP contribution is 2.31. The van der Waals surface area contributed by atoms with E-state index in [1.165, 1.54) is 12.8 Å². The zero-order valence-corrected chi connectivity index (χ0v) is 13.8. The first-order valence-corrected chi connectivity index (χ1v) is 8.91. The maximum atomic E-state index is 12.9. The van der Waals surface area contributed by atoms with Crippen molar-refractivity contribution in [3.8, 4) is 0 Å². The van der Waals surface area contributed by atoms with Crippen LogP contribution in [0.4, 0.5) is 0 Å². The Balaban J connectivity index is 1.43. The molecule has 2 aliphatic rings. The number of carbonyl (C=O) groups is 1. The molecule has 0 spiro atoms. The Kier molecular flexibility index (Phi) is 4.28. The van der Waals surface area contributed by atoms with Gasteiger partial charge >= 0.3 is 0 Å². The van der Waals surface area contributed by atoms with E-state index in [1.54, 1.807) is 18.7 Å². The van der Waals surface area contributed by atoms with Crippen molar-refractivity contribution in [1.29, 1.82) is 0 Å². The van der Waals surface area contributed by atoms with Gasteiger partial charge in [0.25, 0.3) is 5.91 Å². The summed E-state index contributed by atoms with van der Waals surface area (Å²) in [4.78, 5) is 23.2. The topological polar surface area (TPSA) is 63.9 Å². The summed E-state index contributed by atoms with van der Waals surface area (Å²) < 4.78 is 1.96. The molecule has 1 aliphatic heterocycles. The fourth-order valence-corrected chi connectivity index (χ4v) is 4.01. The number of hydrogen-bond acceptors (Lipinski definition) is 4. The van der Waals surface area contributed by atoms with Gasteiger partial charge in [0.2, 0.25) is 0 Å². The van der Waals surface area contributed by atoms with Gasteiger partial charge in [-0.3, -0.25) is 9.48 Å². The minimum absolute atomic E-state index is 0.125. The zero-order valence-electron chi connectivity index (χ0n) is 13.8. The van der Waals surface area contributed by atoms with Crippen molar-refractivity contribution in [3.63, 3.8) is 0 Å². The smallest absolute Gasteiger partial charge is 0.272 e. The molecule has 126 valence electrons. The van der Waals surface area contributed by atoms with Crippen LogP contribution in [0.3, 0.4) is 0 Å². The monoisotopic (exact) mass is 325 g/mol. The van der Waals surface area contributed by atoms with E-state index in [0.717, 1.165) is 50.2 Å². The van der Waals surface area contributed by atoms with Gasteiger partial charge in [-0.2, -0.15) is 5.10 Å². The largest absolute Gasteiger partial charge is 0.337 e. The molecule has 0 radical (unpaired) electrons. The highest BCUT2D eigenvalue weighted by molar-refractivity contribution is 5.92. The maximum absolute atomic E-state index is 12.9. The molecule has 2 aromatic rings. The van der Waals surface area contributed by atoms with Gasteiger partial charge in [-0.15, -0.1) is 0 Å². The van der Waals surface area contributed by atoms with Gasteiger partial charge in [-0.1, -0.05) is 12.8 Å². The summed E-state index contributed by atoms with van der Waals surface area (Å²) in [6.45, 7) is 1.56. The first-order chi connectivity index (χ1) is 11.8. The van der Waals surface area contributed by atoms with Crippen LogP contribution in [-0.2, 0) is 0 Å². The third kappa shape index (κ3) is 2.92. The number of carbonyl (C=O) groups excluding carboxylic acids is 1. The molecule has 6 nitrogen and oxygen atoms in total. The third-order valence-electron chi connectivity index (χ3n) is 5.37. The molecule has 1 saturated heterocycles. The fraction of sp³-hybridized carbons (Fsp3) is 0.556. The molecule has 1 saturated carbocycles. The van der Waals surface area contributed by atoms with Crippen molar-refractivity contribution in [2.75, 3.05) is 13.1 Å². The summed E-state index contributed by atoms with van der Waals surface area (Å²) in [7, 11) is 0. The van der Waals surface area contributed by atoms with Gasteiger partial charge in [0.1, 0.15) is 12.0 Å². The average Bonchev–Trinajstić information content (AvgIpc) is 3.33. The maximum Gasteiger partial charge on any atom is 0.272 e. The van der Waals surface area contributed by atoms with Crippen molar-refractivity contribution >= 4 is 5.91 Å². The van der Waals surface area contributed by atoms with Crippen LogP contribution in [-0.4, -0.2) is 43.6 Å². The van der Waals surface area contributed by atoms with E-state index >= 15 is 0 Å². The highest BCUT2D eigenvalue weighted by atomic mass is 16.2. The van der Waals surface area contributed by atoms with Gasteiger partial charge in [-0.05, 0) is 37.8 Å². The zero-order chi connectivity index (χ0) is 16.4. The molecule has 0 bridgehead atoms. The molecule has 0 atom stereocenters. The lowest BCUT2D eigenvalue weighted by atomic mass is 9.93. The van der Waals surface area contributed by atoms with E-state index in [4.69, 9.17) is 0 Å². The van der Waals surface area contributed by atoms with Gasteiger partial charge < -0.3 is 4.90 Å². The molecule has 24 heavy (non-hydrogen) atoms. The van der Waals surface area contributed by atoms with Crippen LogP contribution >= 0.6 is 0 Å². The number of likely N-dealkylation sites (tertiary alicyclic amines) is 1. The molecule has 1 aliphatic carbocycles. The van der Waals surface area contributed by atoms with Crippen molar-refractivity contribution < 1.29 is 4.79 Å². The van der Waals surface area contributed by atoms with Crippen molar-refractivity contribution in [1.82, 2.24) is 24.6 Å². The molecule has 0 N–H and O–H groups in total. The highest BCUT2D eigenvalue weighted by Gasteiger charge is 2.29. The quantitative estimate of drug-likeness (QED) is 0.870. The van der Waals surface area contributed by atoms with Crippen LogP contribution in [0.5, 0.6) is 0 Å².